The third kappa shape index (κ3) is 9.65. The van der Waals surface area contributed by atoms with Crippen LogP contribution in [0.1, 0.15) is 12.8 Å². The average molecular weight is 405 g/mol. The summed E-state index contributed by atoms with van der Waals surface area (Å²) in [7, 11) is 0. The number of carbonyl (C=O) groups excluding carboxylic acids is 2. The van der Waals surface area contributed by atoms with Crippen molar-refractivity contribution in [3.63, 3.8) is 0 Å². The third-order valence-corrected chi connectivity index (χ3v) is 4.24. The Morgan fingerprint density at radius 1 is 1.42 bits per heavy atom. The van der Waals surface area contributed by atoms with Crippen molar-refractivity contribution < 1.29 is 22.9 Å². The number of nitrogens with one attached hydrogen (secondary N) is 2. The fourth-order valence-corrected chi connectivity index (χ4v) is 2.67. The molecule has 2 amide bonds. The van der Waals surface area contributed by atoms with E-state index in [-0.39, 0.29) is 23.5 Å². The number of allylic oxidation sites excluding steroid dienone is 4. The number of halogens is 2. The molecule has 0 aromatic carbocycles. The third-order valence-electron chi connectivity index (χ3n) is 3.21. The van der Waals surface area contributed by atoms with Gasteiger partial charge in [-0.2, -0.15) is 0 Å². The standard InChI is InChI=1S/C17H22ClFN2O4S/c1-12(5-7-20-17(23)14-6-9-26-25-10-14)21-16(22)11-24-8-3-4-15(18)13(2)19/h3-4,8,14H,1-2,5-7,9-11H2,(H,20,23)(H,21,22)/b8-3+,15-4+. The Labute approximate surface area is 161 Å². The van der Waals surface area contributed by atoms with Crippen molar-refractivity contribution in [3.05, 3.63) is 48.1 Å². The van der Waals surface area contributed by atoms with Crippen LogP contribution < -0.4 is 10.6 Å². The van der Waals surface area contributed by atoms with Crippen LogP contribution in [0.2, 0.25) is 0 Å². The summed E-state index contributed by atoms with van der Waals surface area (Å²) in [4.78, 5) is 23.6. The fourth-order valence-electron chi connectivity index (χ4n) is 1.84. The summed E-state index contributed by atoms with van der Waals surface area (Å²) in [5, 5.41) is 5.21. The molecule has 1 atom stereocenters. The van der Waals surface area contributed by atoms with Gasteiger partial charge in [-0.15, -0.1) is 0 Å². The second kappa shape index (κ2) is 12.6. The van der Waals surface area contributed by atoms with Crippen LogP contribution in [0.5, 0.6) is 0 Å². The van der Waals surface area contributed by atoms with Gasteiger partial charge in [-0.1, -0.05) is 24.8 Å². The minimum Gasteiger partial charge on any atom is -0.491 e. The summed E-state index contributed by atoms with van der Waals surface area (Å²) < 4.78 is 22.7. The smallest absolute Gasteiger partial charge is 0.261 e. The zero-order valence-corrected chi connectivity index (χ0v) is 15.8. The van der Waals surface area contributed by atoms with Crippen molar-refractivity contribution >= 4 is 35.5 Å². The van der Waals surface area contributed by atoms with Gasteiger partial charge in [0.1, 0.15) is 5.83 Å². The van der Waals surface area contributed by atoms with Crippen LogP contribution in [0.3, 0.4) is 0 Å². The molecule has 0 spiro atoms. The molecule has 144 valence electrons. The van der Waals surface area contributed by atoms with Gasteiger partial charge in [-0.05, 0) is 30.6 Å². The molecule has 0 bridgehead atoms. The molecular weight excluding hydrogens is 383 g/mol. The highest BCUT2D eigenvalue weighted by molar-refractivity contribution is 7.94. The highest BCUT2D eigenvalue weighted by Gasteiger charge is 2.21. The lowest BCUT2D eigenvalue weighted by Gasteiger charge is -2.20. The Bertz CT molecular complexity index is 589. The van der Waals surface area contributed by atoms with Crippen LogP contribution in [0, 0.1) is 5.92 Å². The van der Waals surface area contributed by atoms with Gasteiger partial charge in [0.2, 0.25) is 5.91 Å². The van der Waals surface area contributed by atoms with Gasteiger partial charge in [0.15, 0.2) is 6.61 Å². The number of amides is 2. The Morgan fingerprint density at radius 3 is 2.85 bits per heavy atom. The summed E-state index contributed by atoms with van der Waals surface area (Å²) >= 11 is 6.87. The Kier molecular flexibility index (Phi) is 10.8. The van der Waals surface area contributed by atoms with Crippen LogP contribution in [0.15, 0.2) is 48.1 Å². The van der Waals surface area contributed by atoms with Gasteiger partial charge >= 0.3 is 0 Å². The van der Waals surface area contributed by atoms with Gasteiger partial charge < -0.3 is 19.6 Å². The maximum Gasteiger partial charge on any atom is 0.261 e. The summed E-state index contributed by atoms with van der Waals surface area (Å²) in [5.41, 5.74) is 0.468. The zero-order chi connectivity index (χ0) is 19.4. The van der Waals surface area contributed by atoms with E-state index >= 15 is 0 Å². The van der Waals surface area contributed by atoms with Gasteiger partial charge in [0.05, 0.1) is 23.8 Å². The Morgan fingerprint density at radius 2 is 2.19 bits per heavy atom. The lowest BCUT2D eigenvalue weighted by atomic mass is 10.1. The van der Waals surface area contributed by atoms with Gasteiger partial charge in [-0.3, -0.25) is 9.59 Å². The van der Waals surface area contributed by atoms with E-state index in [1.165, 1.54) is 30.5 Å². The molecule has 26 heavy (non-hydrogen) atoms. The van der Waals surface area contributed by atoms with Crippen LogP contribution in [-0.4, -0.2) is 37.3 Å². The van der Waals surface area contributed by atoms with E-state index in [0.717, 1.165) is 12.2 Å². The van der Waals surface area contributed by atoms with Crippen molar-refractivity contribution in [2.45, 2.75) is 12.8 Å². The topological polar surface area (TPSA) is 76.7 Å². The van der Waals surface area contributed by atoms with E-state index in [4.69, 9.17) is 20.5 Å². The predicted molar refractivity (Wildman–Crippen MR) is 101 cm³/mol. The normalized spacial score (nSPS) is 17.6. The second-order valence-corrected chi connectivity index (χ2v) is 6.63. The molecule has 1 aliphatic heterocycles. The number of ether oxygens (including phenoxy) is 1. The van der Waals surface area contributed by atoms with Gasteiger partial charge in [0, 0.05) is 24.4 Å². The molecule has 0 aliphatic carbocycles. The molecule has 6 nitrogen and oxygen atoms in total. The summed E-state index contributed by atoms with van der Waals surface area (Å²) in [6, 6.07) is 0. The van der Waals surface area contributed by atoms with Crippen molar-refractivity contribution in [1.29, 1.82) is 0 Å². The van der Waals surface area contributed by atoms with E-state index in [2.05, 4.69) is 23.8 Å². The van der Waals surface area contributed by atoms with Crippen LogP contribution in [0.25, 0.3) is 0 Å². The first-order valence-corrected chi connectivity index (χ1v) is 9.17. The van der Waals surface area contributed by atoms with E-state index in [1.807, 2.05) is 0 Å². The molecular formula is C17H22ClFN2O4S. The Hall–Kier alpha value is -1.77. The maximum atomic E-state index is 12.6. The number of hydrogen-bond acceptors (Lipinski definition) is 5. The van der Waals surface area contributed by atoms with Crippen LogP contribution in [0.4, 0.5) is 4.39 Å². The molecule has 0 aromatic rings. The minimum absolute atomic E-state index is 0.0550. The number of hydrogen-bond donors (Lipinski definition) is 2. The average Bonchev–Trinajstić information content (AvgIpc) is 2.61. The first-order chi connectivity index (χ1) is 12.4. The summed E-state index contributed by atoms with van der Waals surface area (Å²) in [5.74, 6) is -0.530. The minimum atomic E-state index is -0.757. The second-order valence-electron chi connectivity index (χ2n) is 5.34. The van der Waals surface area contributed by atoms with E-state index < -0.39 is 11.7 Å². The van der Waals surface area contributed by atoms with E-state index in [1.54, 1.807) is 0 Å². The zero-order valence-electron chi connectivity index (χ0n) is 14.3. The van der Waals surface area contributed by atoms with Crippen molar-refractivity contribution in [2.75, 3.05) is 25.5 Å². The molecule has 0 saturated carbocycles. The largest absolute Gasteiger partial charge is 0.491 e. The molecule has 1 saturated heterocycles. The molecule has 1 rings (SSSR count). The molecule has 1 unspecified atom stereocenters. The van der Waals surface area contributed by atoms with Crippen LogP contribution in [-0.2, 0) is 18.5 Å². The SMILES string of the molecule is C=C(CCNC(=O)C1CCSOC1)NC(=O)CO/C=C/C=C(/Cl)C(=C)F. The highest BCUT2D eigenvalue weighted by atomic mass is 35.5. The van der Waals surface area contributed by atoms with Gasteiger partial charge in [-0.25, -0.2) is 4.39 Å². The predicted octanol–water partition coefficient (Wildman–Crippen LogP) is 2.94. The first-order valence-electron chi connectivity index (χ1n) is 7.88. The quantitative estimate of drug-likeness (QED) is 0.332. The monoisotopic (exact) mass is 404 g/mol. The summed E-state index contributed by atoms with van der Waals surface area (Å²) in [6.45, 7) is 7.31. The lowest BCUT2D eigenvalue weighted by molar-refractivity contribution is -0.126. The Balaban J connectivity index is 2.15. The molecule has 0 aromatic heterocycles. The number of carbonyl (C=O) groups is 2. The molecule has 2 N–H and O–H groups in total. The number of rotatable bonds is 10. The molecule has 1 heterocycles. The van der Waals surface area contributed by atoms with Crippen LogP contribution >= 0.6 is 23.6 Å². The highest BCUT2D eigenvalue weighted by Crippen LogP contribution is 2.19. The van der Waals surface area contributed by atoms with Crippen molar-refractivity contribution in [3.8, 4) is 0 Å². The maximum absolute atomic E-state index is 12.6. The lowest BCUT2D eigenvalue weighted by Crippen LogP contribution is -2.36. The van der Waals surface area contributed by atoms with Crippen molar-refractivity contribution in [2.24, 2.45) is 5.92 Å². The fraction of sp³-hybridized carbons (Fsp3) is 0.412. The van der Waals surface area contributed by atoms with Gasteiger partial charge in [0.25, 0.3) is 5.91 Å². The van der Waals surface area contributed by atoms with Crippen molar-refractivity contribution in [1.82, 2.24) is 10.6 Å². The first kappa shape index (κ1) is 22.3. The van der Waals surface area contributed by atoms with E-state index in [9.17, 15) is 14.0 Å². The molecule has 9 heteroatoms. The van der Waals surface area contributed by atoms with E-state index in [0.29, 0.717) is 25.3 Å². The summed E-state index contributed by atoms with van der Waals surface area (Å²) in [6.07, 6.45) is 5.00. The molecule has 1 fully saturated rings. The molecule has 1 aliphatic rings. The molecule has 0 radical (unpaired) electrons.